The maximum atomic E-state index is 12.1. The molecule has 3 heterocycles. The fourth-order valence-corrected chi connectivity index (χ4v) is 3.43. The monoisotopic (exact) mass is 414 g/mol. The van der Waals surface area contributed by atoms with E-state index < -0.39 is 0 Å². The molecule has 1 saturated heterocycles. The lowest BCUT2D eigenvalue weighted by Crippen LogP contribution is -2.32. The molecule has 0 aromatic carbocycles. The summed E-state index contributed by atoms with van der Waals surface area (Å²) in [6, 6.07) is 3.55. The van der Waals surface area contributed by atoms with E-state index in [0.29, 0.717) is 29.4 Å². The van der Waals surface area contributed by atoms with Gasteiger partial charge < -0.3 is 25.0 Å². The third-order valence-corrected chi connectivity index (χ3v) is 5.04. The number of nitrogens with zero attached hydrogens (tertiary/aromatic N) is 4. The minimum absolute atomic E-state index is 0.224. The molecule has 0 atom stereocenters. The Hall–Kier alpha value is -2.94. The topological polar surface area (TPSA) is 102 Å². The number of likely N-dealkylation sites (tertiary alicyclic amines) is 1. The van der Waals surface area contributed by atoms with E-state index in [1.54, 1.807) is 24.5 Å². The van der Waals surface area contributed by atoms with Crippen LogP contribution in [0.1, 0.15) is 32.1 Å². The first-order chi connectivity index (χ1) is 14.7. The molecule has 1 fully saturated rings. The van der Waals surface area contributed by atoms with Gasteiger partial charge in [-0.3, -0.25) is 4.98 Å². The van der Waals surface area contributed by atoms with Gasteiger partial charge in [0.1, 0.15) is 0 Å². The number of urea groups is 1. The molecule has 9 heteroatoms. The number of methoxy groups -OCH3 is 2. The van der Waals surface area contributed by atoms with E-state index in [0.717, 1.165) is 19.4 Å². The van der Waals surface area contributed by atoms with Crippen LogP contribution in [0.15, 0.2) is 24.5 Å². The van der Waals surface area contributed by atoms with Crippen molar-refractivity contribution in [2.75, 3.05) is 45.7 Å². The fourth-order valence-electron chi connectivity index (χ4n) is 3.43. The van der Waals surface area contributed by atoms with Gasteiger partial charge in [-0.25, -0.2) is 9.78 Å². The lowest BCUT2D eigenvalue weighted by Gasteiger charge is -2.26. The Morgan fingerprint density at radius 1 is 1.07 bits per heavy atom. The van der Waals surface area contributed by atoms with Gasteiger partial charge in [0.25, 0.3) is 0 Å². The number of nitrogens with one attached hydrogen (secondary N) is 2. The van der Waals surface area contributed by atoms with Crippen molar-refractivity contribution >= 4 is 11.7 Å². The number of anilines is 1. The van der Waals surface area contributed by atoms with Crippen LogP contribution >= 0.6 is 0 Å². The lowest BCUT2D eigenvalue weighted by atomic mass is 10.1. The Morgan fingerprint density at radius 3 is 2.60 bits per heavy atom. The van der Waals surface area contributed by atoms with Gasteiger partial charge >= 0.3 is 12.0 Å². The average molecular weight is 415 g/mol. The number of aromatic nitrogens is 3. The maximum absolute atomic E-state index is 12.1. The SMILES string of the molecule is COc1ncc(-c2ccc(NC(=O)NCCCCN3CCCCC3)cn2)c(OC)n1. The molecular weight excluding hydrogens is 384 g/mol. The number of carbonyl (C=O) groups is 1. The molecule has 0 saturated carbocycles. The van der Waals surface area contributed by atoms with Gasteiger partial charge in [-0.05, 0) is 57.5 Å². The molecule has 3 rings (SSSR count). The zero-order chi connectivity index (χ0) is 21.2. The van der Waals surface area contributed by atoms with E-state index in [-0.39, 0.29) is 12.0 Å². The van der Waals surface area contributed by atoms with Gasteiger partial charge in [-0.1, -0.05) is 6.42 Å². The lowest BCUT2D eigenvalue weighted by molar-refractivity contribution is 0.224. The highest BCUT2D eigenvalue weighted by Crippen LogP contribution is 2.27. The second-order valence-corrected chi connectivity index (χ2v) is 7.20. The maximum Gasteiger partial charge on any atom is 0.319 e. The van der Waals surface area contributed by atoms with E-state index in [2.05, 4.69) is 30.5 Å². The normalized spacial score (nSPS) is 14.2. The van der Waals surface area contributed by atoms with Crippen LogP contribution in [0.5, 0.6) is 11.9 Å². The standard InChI is InChI=1S/C21H30N6O3/c1-29-19-17(15-24-21(26-19)30-2)18-9-8-16(14-23-18)25-20(28)22-10-4-7-13-27-11-5-3-6-12-27/h8-9,14-15H,3-7,10-13H2,1-2H3,(H2,22,25,28). The quantitative estimate of drug-likeness (QED) is 0.608. The summed E-state index contributed by atoms with van der Waals surface area (Å²) in [6.07, 6.45) is 9.24. The first-order valence-corrected chi connectivity index (χ1v) is 10.4. The summed E-state index contributed by atoms with van der Waals surface area (Å²) in [7, 11) is 3.02. The fraction of sp³-hybridized carbons (Fsp3) is 0.524. The van der Waals surface area contributed by atoms with Crippen LogP contribution < -0.4 is 20.1 Å². The summed E-state index contributed by atoms with van der Waals surface area (Å²) >= 11 is 0. The molecule has 0 spiro atoms. The third-order valence-electron chi connectivity index (χ3n) is 5.04. The predicted molar refractivity (Wildman–Crippen MR) is 115 cm³/mol. The van der Waals surface area contributed by atoms with Crippen LogP contribution in [0.2, 0.25) is 0 Å². The number of hydrogen-bond acceptors (Lipinski definition) is 7. The van der Waals surface area contributed by atoms with E-state index in [4.69, 9.17) is 9.47 Å². The highest BCUT2D eigenvalue weighted by molar-refractivity contribution is 5.89. The van der Waals surface area contributed by atoms with Gasteiger partial charge in [-0.15, -0.1) is 0 Å². The molecule has 1 aliphatic heterocycles. The van der Waals surface area contributed by atoms with Gasteiger partial charge in [0, 0.05) is 12.7 Å². The van der Waals surface area contributed by atoms with Crippen LogP contribution in [0.3, 0.4) is 0 Å². The Labute approximate surface area is 177 Å². The number of rotatable bonds is 9. The zero-order valence-electron chi connectivity index (χ0n) is 17.7. The van der Waals surface area contributed by atoms with Crippen LogP contribution in [0.25, 0.3) is 11.3 Å². The zero-order valence-corrected chi connectivity index (χ0v) is 17.7. The number of unbranched alkanes of at least 4 members (excludes halogenated alkanes) is 1. The molecule has 0 unspecified atom stereocenters. The Kier molecular flexibility index (Phi) is 8.20. The van der Waals surface area contributed by atoms with Crippen LogP contribution in [0, 0.1) is 0 Å². The molecule has 0 aliphatic carbocycles. The third kappa shape index (κ3) is 6.28. The molecule has 30 heavy (non-hydrogen) atoms. The summed E-state index contributed by atoms with van der Waals surface area (Å²) < 4.78 is 10.3. The Bertz CT molecular complexity index is 809. The van der Waals surface area contributed by atoms with Crippen molar-refractivity contribution in [3.63, 3.8) is 0 Å². The number of ether oxygens (including phenoxy) is 2. The Morgan fingerprint density at radius 2 is 1.90 bits per heavy atom. The van der Waals surface area contributed by atoms with Crippen LogP contribution in [-0.4, -0.2) is 66.3 Å². The molecule has 2 aromatic heterocycles. The van der Waals surface area contributed by atoms with Crippen LogP contribution in [-0.2, 0) is 0 Å². The van der Waals surface area contributed by atoms with E-state index >= 15 is 0 Å². The summed E-state index contributed by atoms with van der Waals surface area (Å²) in [5.41, 5.74) is 1.89. The molecular formula is C21H30N6O3. The van der Waals surface area contributed by atoms with Gasteiger partial charge in [0.05, 0.1) is 37.4 Å². The van der Waals surface area contributed by atoms with Crippen LogP contribution in [0.4, 0.5) is 10.5 Å². The van der Waals surface area contributed by atoms with E-state index in [1.807, 2.05) is 0 Å². The second kappa shape index (κ2) is 11.3. The smallest absolute Gasteiger partial charge is 0.319 e. The van der Waals surface area contributed by atoms with Crippen molar-refractivity contribution in [3.8, 4) is 23.1 Å². The predicted octanol–water partition coefficient (Wildman–Crippen LogP) is 2.94. The highest BCUT2D eigenvalue weighted by atomic mass is 16.5. The molecule has 0 radical (unpaired) electrons. The van der Waals surface area contributed by atoms with Gasteiger partial charge in [0.15, 0.2) is 0 Å². The van der Waals surface area contributed by atoms with Crippen molar-refractivity contribution in [2.45, 2.75) is 32.1 Å². The Balaban J connectivity index is 1.43. The minimum Gasteiger partial charge on any atom is -0.480 e. The molecule has 2 N–H and O–H groups in total. The molecule has 0 bridgehead atoms. The average Bonchev–Trinajstić information content (AvgIpc) is 2.79. The number of hydrogen-bond donors (Lipinski definition) is 2. The van der Waals surface area contributed by atoms with Crippen molar-refractivity contribution in [2.24, 2.45) is 0 Å². The first-order valence-electron chi connectivity index (χ1n) is 10.4. The largest absolute Gasteiger partial charge is 0.480 e. The molecule has 1 aliphatic rings. The summed E-state index contributed by atoms with van der Waals surface area (Å²) in [6.45, 7) is 4.20. The van der Waals surface area contributed by atoms with Crippen molar-refractivity contribution in [3.05, 3.63) is 24.5 Å². The van der Waals surface area contributed by atoms with Crippen molar-refractivity contribution < 1.29 is 14.3 Å². The van der Waals surface area contributed by atoms with Gasteiger partial charge in [0.2, 0.25) is 5.88 Å². The summed E-state index contributed by atoms with van der Waals surface area (Å²) in [4.78, 5) is 27.2. The molecule has 2 amide bonds. The number of carbonyl (C=O) groups excluding carboxylic acids is 1. The second-order valence-electron chi connectivity index (χ2n) is 7.20. The minimum atomic E-state index is -0.229. The van der Waals surface area contributed by atoms with Crippen molar-refractivity contribution in [1.82, 2.24) is 25.2 Å². The number of amides is 2. The first kappa shape index (κ1) is 21.8. The highest BCUT2D eigenvalue weighted by Gasteiger charge is 2.12. The molecule has 2 aromatic rings. The molecule has 162 valence electrons. The number of piperidine rings is 1. The summed E-state index contributed by atoms with van der Waals surface area (Å²) in [5, 5.41) is 5.70. The summed E-state index contributed by atoms with van der Waals surface area (Å²) in [5.74, 6) is 0.373. The van der Waals surface area contributed by atoms with Gasteiger partial charge in [-0.2, -0.15) is 4.98 Å². The van der Waals surface area contributed by atoms with E-state index in [1.165, 1.54) is 46.6 Å². The van der Waals surface area contributed by atoms with E-state index in [9.17, 15) is 4.79 Å². The number of pyridine rings is 1. The van der Waals surface area contributed by atoms with Crippen molar-refractivity contribution in [1.29, 1.82) is 0 Å². The molecule has 9 nitrogen and oxygen atoms in total.